The van der Waals surface area contributed by atoms with Crippen molar-refractivity contribution in [3.8, 4) is 5.75 Å². The predicted molar refractivity (Wildman–Crippen MR) is 93.7 cm³/mol. The van der Waals surface area contributed by atoms with Crippen LogP contribution in [0, 0.1) is 0 Å². The summed E-state index contributed by atoms with van der Waals surface area (Å²) in [5.41, 5.74) is 1.15. The van der Waals surface area contributed by atoms with Crippen LogP contribution in [0.1, 0.15) is 22.8 Å². The van der Waals surface area contributed by atoms with Crippen molar-refractivity contribution < 1.29 is 19.0 Å². The fourth-order valence-corrected chi connectivity index (χ4v) is 2.54. The van der Waals surface area contributed by atoms with Gasteiger partial charge in [-0.05, 0) is 25.1 Å². The monoisotopic (exact) mass is 414 g/mol. The highest BCUT2D eigenvalue weighted by atomic mass is 127. The Labute approximate surface area is 144 Å². The van der Waals surface area contributed by atoms with Crippen molar-refractivity contribution in [3.63, 3.8) is 0 Å². The van der Waals surface area contributed by atoms with Gasteiger partial charge < -0.3 is 14.2 Å². The van der Waals surface area contributed by atoms with E-state index in [1.807, 2.05) is 19.1 Å². The number of allylic oxidation sites excluding steroid dienone is 1. The third-order valence-corrected chi connectivity index (χ3v) is 4.60. The van der Waals surface area contributed by atoms with Gasteiger partial charge in [0.25, 0.3) is 0 Å². The molecule has 2 rings (SSSR count). The van der Waals surface area contributed by atoms with E-state index in [9.17, 15) is 4.79 Å². The number of carbonyl (C=O) groups excluding carboxylic acids is 1. The van der Waals surface area contributed by atoms with Crippen LogP contribution in [0.5, 0.6) is 5.75 Å². The van der Waals surface area contributed by atoms with Crippen molar-refractivity contribution in [3.05, 3.63) is 54.1 Å². The van der Waals surface area contributed by atoms with E-state index in [1.54, 1.807) is 25.3 Å². The molecule has 0 spiro atoms. The number of alkyl halides is 1. The number of ketones is 1. The van der Waals surface area contributed by atoms with Gasteiger partial charge in [-0.1, -0.05) is 47.4 Å². The second-order valence-corrected chi connectivity index (χ2v) is 5.81. The average Bonchev–Trinajstić information content (AvgIpc) is 2.55. The van der Waals surface area contributed by atoms with Crippen molar-refractivity contribution in [2.24, 2.45) is 0 Å². The lowest BCUT2D eigenvalue weighted by molar-refractivity contribution is -0.215. The maximum Gasteiger partial charge on any atom is 0.216 e. The van der Waals surface area contributed by atoms with Crippen molar-refractivity contribution >= 4 is 28.4 Å². The van der Waals surface area contributed by atoms with Crippen LogP contribution in [-0.2, 0) is 15.3 Å². The summed E-state index contributed by atoms with van der Waals surface area (Å²) in [6.45, 7) is 5.93. The maximum absolute atomic E-state index is 12.3. The van der Waals surface area contributed by atoms with Gasteiger partial charge in [-0.2, -0.15) is 0 Å². The lowest BCUT2D eigenvalue weighted by Crippen LogP contribution is -2.37. The Morgan fingerprint density at radius 3 is 2.86 bits per heavy atom. The van der Waals surface area contributed by atoms with Crippen molar-refractivity contribution in [1.82, 2.24) is 0 Å². The van der Waals surface area contributed by atoms with Crippen LogP contribution in [0.4, 0.5) is 0 Å². The van der Waals surface area contributed by atoms with E-state index < -0.39 is 5.79 Å². The predicted octanol–water partition coefficient (Wildman–Crippen LogP) is 3.64. The summed E-state index contributed by atoms with van der Waals surface area (Å²) in [5.74, 6) is -0.673. The van der Waals surface area contributed by atoms with E-state index >= 15 is 0 Å². The number of halogens is 1. The van der Waals surface area contributed by atoms with Crippen LogP contribution in [0.2, 0.25) is 0 Å². The van der Waals surface area contributed by atoms with Gasteiger partial charge in [0.05, 0.1) is 11.7 Å². The highest BCUT2D eigenvalue weighted by molar-refractivity contribution is 14.1. The molecular weight excluding hydrogens is 395 g/mol. The summed E-state index contributed by atoms with van der Waals surface area (Å²) >= 11 is 2.25. The third kappa shape index (κ3) is 3.26. The molecule has 22 heavy (non-hydrogen) atoms. The molecule has 1 aromatic rings. The summed E-state index contributed by atoms with van der Waals surface area (Å²) in [4.78, 5) is 12.3. The summed E-state index contributed by atoms with van der Waals surface area (Å²) in [6.07, 6.45) is 4.76. The number of ether oxygens (including phenoxy) is 3. The van der Waals surface area contributed by atoms with Crippen LogP contribution in [0.25, 0.3) is 0 Å². The van der Waals surface area contributed by atoms with Gasteiger partial charge in [0.1, 0.15) is 12.4 Å². The lowest BCUT2D eigenvalue weighted by Gasteiger charge is -2.35. The Morgan fingerprint density at radius 1 is 1.45 bits per heavy atom. The molecular formula is C17H19IO4. The number of fused-ring (bicyclic) bond motifs is 1. The fourth-order valence-electron chi connectivity index (χ4n) is 2.36. The van der Waals surface area contributed by atoms with Crippen LogP contribution in [0.3, 0.4) is 0 Å². The van der Waals surface area contributed by atoms with Gasteiger partial charge >= 0.3 is 0 Å². The number of hydrogen-bond acceptors (Lipinski definition) is 4. The molecule has 0 bridgehead atoms. The maximum atomic E-state index is 12.3. The lowest BCUT2D eigenvalue weighted by atomic mass is 9.90. The number of carbonyl (C=O) groups is 1. The molecule has 5 heteroatoms. The molecule has 0 fully saturated rings. The molecule has 0 saturated carbocycles. The molecule has 2 atom stereocenters. The van der Waals surface area contributed by atoms with Crippen LogP contribution < -0.4 is 4.74 Å². The molecule has 0 aromatic heterocycles. The molecule has 0 amide bonds. The highest BCUT2D eigenvalue weighted by Gasteiger charge is 2.40. The molecule has 4 nitrogen and oxygen atoms in total. The van der Waals surface area contributed by atoms with Crippen LogP contribution in [0.15, 0.2) is 43.0 Å². The van der Waals surface area contributed by atoms with Crippen LogP contribution in [-0.4, -0.2) is 30.0 Å². The SMILES string of the molecule is C=CCOc1cccc2c1C(=O)C=CC2(OC)O[C@H](C)CI. The normalized spacial score (nSPS) is 21.3. The second kappa shape index (κ2) is 7.39. The molecule has 1 aliphatic carbocycles. The van der Waals surface area contributed by atoms with Crippen molar-refractivity contribution in [2.45, 2.75) is 18.8 Å². The first-order valence-corrected chi connectivity index (χ1v) is 8.50. The molecule has 1 aliphatic rings. The Kier molecular flexibility index (Phi) is 5.77. The first kappa shape index (κ1) is 17.2. The van der Waals surface area contributed by atoms with E-state index in [2.05, 4.69) is 29.2 Å². The van der Waals surface area contributed by atoms with E-state index in [1.165, 1.54) is 6.08 Å². The third-order valence-electron chi connectivity index (χ3n) is 3.36. The van der Waals surface area contributed by atoms with Gasteiger partial charge in [0.2, 0.25) is 5.79 Å². The highest BCUT2D eigenvalue weighted by Crippen LogP contribution is 2.39. The second-order valence-electron chi connectivity index (χ2n) is 4.93. The van der Waals surface area contributed by atoms with Gasteiger partial charge in [0, 0.05) is 17.1 Å². The van der Waals surface area contributed by atoms with E-state index in [4.69, 9.17) is 14.2 Å². The largest absolute Gasteiger partial charge is 0.489 e. The Hall–Kier alpha value is -1.18. The zero-order valence-electron chi connectivity index (χ0n) is 12.7. The Morgan fingerprint density at radius 2 is 2.23 bits per heavy atom. The minimum Gasteiger partial charge on any atom is -0.489 e. The molecule has 118 valence electrons. The zero-order chi connectivity index (χ0) is 16.2. The topological polar surface area (TPSA) is 44.8 Å². The zero-order valence-corrected chi connectivity index (χ0v) is 14.8. The number of methoxy groups -OCH3 is 1. The Bertz CT molecular complexity index is 596. The van der Waals surface area contributed by atoms with Crippen molar-refractivity contribution in [1.29, 1.82) is 0 Å². The van der Waals surface area contributed by atoms with Crippen LogP contribution >= 0.6 is 22.6 Å². The van der Waals surface area contributed by atoms with E-state index in [0.717, 1.165) is 4.43 Å². The summed E-state index contributed by atoms with van der Waals surface area (Å²) in [5, 5.41) is 0. The minimum atomic E-state index is -1.07. The van der Waals surface area contributed by atoms with E-state index in [0.29, 0.717) is 23.5 Å². The van der Waals surface area contributed by atoms with Gasteiger partial charge in [-0.25, -0.2) is 0 Å². The molecule has 0 radical (unpaired) electrons. The molecule has 1 aromatic carbocycles. The number of rotatable bonds is 7. The Balaban J connectivity index is 2.52. The minimum absolute atomic E-state index is 0.0241. The van der Waals surface area contributed by atoms with E-state index in [-0.39, 0.29) is 11.9 Å². The fraction of sp³-hybridized carbons (Fsp3) is 0.353. The van der Waals surface area contributed by atoms with Gasteiger partial charge in [0.15, 0.2) is 5.78 Å². The first-order chi connectivity index (χ1) is 10.6. The molecule has 0 N–H and O–H groups in total. The number of benzene rings is 1. The number of hydrogen-bond donors (Lipinski definition) is 0. The molecule has 0 heterocycles. The first-order valence-electron chi connectivity index (χ1n) is 6.97. The molecule has 0 aliphatic heterocycles. The van der Waals surface area contributed by atoms with Gasteiger partial charge in [-0.15, -0.1) is 0 Å². The molecule has 1 unspecified atom stereocenters. The summed E-state index contributed by atoms with van der Waals surface area (Å²) in [7, 11) is 1.57. The smallest absolute Gasteiger partial charge is 0.216 e. The standard InChI is InChI=1S/C17H19IO4/c1-4-10-21-15-7-5-6-13-16(15)14(19)8-9-17(13,20-3)22-12(2)11-18/h4-9,12H,1,10-11H2,2-3H3/t12-,17?/m1/s1. The summed E-state index contributed by atoms with van der Waals surface area (Å²) in [6, 6.07) is 5.43. The average molecular weight is 414 g/mol. The molecule has 0 saturated heterocycles. The van der Waals surface area contributed by atoms with Gasteiger partial charge in [-0.3, -0.25) is 4.79 Å². The van der Waals surface area contributed by atoms with Crippen molar-refractivity contribution in [2.75, 3.05) is 18.1 Å². The quantitative estimate of drug-likeness (QED) is 0.296. The summed E-state index contributed by atoms with van der Waals surface area (Å²) < 4.78 is 18.1.